The van der Waals surface area contributed by atoms with Gasteiger partial charge >= 0.3 is 5.97 Å². The topological polar surface area (TPSA) is 65.0 Å². The monoisotopic (exact) mass is 406 g/mol. The highest BCUT2D eigenvalue weighted by molar-refractivity contribution is 5.66. The van der Waals surface area contributed by atoms with Crippen LogP contribution < -0.4 is 0 Å². The van der Waals surface area contributed by atoms with Crippen LogP contribution in [0.4, 0.5) is 0 Å². The Balaban J connectivity index is 3.39. The molecule has 0 aromatic rings. The molecular weight excluding hydrogens is 368 g/mol. The molecule has 0 unspecified atom stereocenters. The maximum absolute atomic E-state index is 11.5. The molecule has 164 valence electrons. The van der Waals surface area contributed by atoms with Gasteiger partial charge in [-0.3, -0.25) is 4.79 Å². The van der Waals surface area contributed by atoms with Crippen molar-refractivity contribution in [2.75, 3.05) is 20.8 Å². The van der Waals surface area contributed by atoms with Crippen LogP contribution in [0.25, 0.3) is 0 Å². The van der Waals surface area contributed by atoms with Crippen molar-refractivity contribution >= 4 is 5.97 Å². The Labute approximate surface area is 176 Å². The van der Waals surface area contributed by atoms with Crippen molar-refractivity contribution in [3.8, 4) is 0 Å². The number of hydrogen-bond donors (Lipinski definition) is 1. The van der Waals surface area contributed by atoms with Crippen LogP contribution in [0.3, 0.4) is 0 Å². The van der Waals surface area contributed by atoms with Gasteiger partial charge in [0, 0.05) is 27.1 Å². The summed E-state index contributed by atoms with van der Waals surface area (Å²) in [5, 5.41) is 10.0. The van der Waals surface area contributed by atoms with Crippen molar-refractivity contribution in [3.05, 3.63) is 47.6 Å². The summed E-state index contributed by atoms with van der Waals surface area (Å²) in [7, 11) is 3.27. The van der Waals surface area contributed by atoms with E-state index in [1.165, 1.54) is 12.5 Å². The van der Waals surface area contributed by atoms with E-state index in [0.29, 0.717) is 0 Å². The fourth-order valence-electron chi connectivity index (χ4n) is 3.68. The summed E-state index contributed by atoms with van der Waals surface area (Å²) in [4.78, 5) is 11.5. The van der Waals surface area contributed by atoms with Crippen molar-refractivity contribution in [1.29, 1.82) is 0 Å². The summed E-state index contributed by atoms with van der Waals surface area (Å²) in [6.07, 6.45) is 10.9. The molecule has 1 N–H and O–H groups in total. The molecule has 1 aliphatic carbocycles. The van der Waals surface area contributed by atoms with Gasteiger partial charge in [-0.15, -0.1) is 0 Å². The number of allylic oxidation sites excluding steroid dienone is 4. The molecule has 0 spiro atoms. The highest BCUT2D eigenvalue weighted by Crippen LogP contribution is 2.38. The van der Waals surface area contributed by atoms with Crippen molar-refractivity contribution < 1.29 is 24.1 Å². The van der Waals surface area contributed by atoms with E-state index >= 15 is 0 Å². The zero-order valence-electron chi connectivity index (χ0n) is 18.9. The molecule has 0 aliphatic heterocycles. The second-order valence-corrected chi connectivity index (χ2v) is 8.29. The second kappa shape index (κ2) is 12.1. The summed E-state index contributed by atoms with van der Waals surface area (Å²) < 4.78 is 16.7. The molecule has 5 nitrogen and oxygen atoms in total. The standard InChI is InChI=1S/C24H38O5/c1-17-10-8-11-18(2)22(23(27-6)28-7)21(14-13-17)20(16-29-19(3)25)12-9-15-24(4,5)26/h9-10,12,15,21-23,26H,2,8,11,13-14,16H2,1,3-7H3/b15-9+,17-10-,20-12-/t21-,22+/m1/s1. The van der Waals surface area contributed by atoms with E-state index in [4.69, 9.17) is 14.2 Å². The maximum atomic E-state index is 11.5. The highest BCUT2D eigenvalue weighted by atomic mass is 16.7. The lowest BCUT2D eigenvalue weighted by Gasteiger charge is -2.35. The van der Waals surface area contributed by atoms with Crippen molar-refractivity contribution in [2.24, 2.45) is 11.8 Å². The van der Waals surface area contributed by atoms with Crippen LogP contribution in [-0.2, 0) is 19.0 Å². The average molecular weight is 407 g/mol. The van der Waals surface area contributed by atoms with Gasteiger partial charge in [-0.05, 0) is 57.9 Å². The summed E-state index contributed by atoms with van der Waals surface area (Å²) >= 11 is 0. The average Bonchev–Trinajstić information content (AvgIpc) is 2.69. The molecule has 1 rings (SSSR count). The molecule has 0 heterocycles. The summed E-state index contributed by atoms with van der Waals surface area (Å²) in [5.74, 6) is -0.367. The zero-order chi connectivity index (χ0) is 22.0. The van der Waals surface area contributed by atoms with Crippen LogP contribution in [0.1, 0.15) is 53.4 Å². The first-order valence-corrected chi connectivity index (χ1v) is 10.2. The molecule has 29 heavy (non-hydrogen) atoms. The fourth-order valence-corrected chi connectivity index (χ4v) is 3.68. The van der Waals surface area contributed by atoms with Crippen molar-refractivity contribution in [1.82, 2.24) is 0 Å². The molecule has 0 radical (unpaired) electrons. The Bertz CT molecular complexity index is 632. The van der Waals surface area contributed by atoms with Crippen LogP contribution in [0.5, 0.6) is 0 Å². The van der Waals surface area contributed by atoms with Gasteiger partial charge in [0.25, 0.3) is 0 Å². The predicted octanol–water partition coefficient (Wildman–Crippen LogP) is 4.73. The Hall–Kier alpha value is -1.69. The van der Waals surface area contributed by atoms with Gasteiger partial charge in [0.1, 0.15) is 6.61 Å². The molecule has 0 aromatic heterocycles. The molecule has 2 atom stereocenters. The Morgan fingerprint density at radius 2 is 2.00 bits per heavy atom. The first kappa shape index (κ1) is 25.3. The predicted molar refractivity (Wildman–Crippen MR) is 116 cm³/mol. The zero-order valence-corrected chi connectivity index (χ0v) is 18.9. The van der Waals surface area contributed by atoms with Crippen LogP contribution in [0, 0.1) is 11.8 Å². The van der Waals surface area contributed by atoms with Gasteiger partial charge in [0.2, 0.25) is 0 Å². The third-order valence-electron chi connectivity index (χ3n) is 5.20. The number of hydrogen-bond acceptors (Lipinski definition) is 5. The number of carbonyl (C=O) groups excluding carboxylic acids is 1. The third-order valence-corrected chi connectivity index (χ3v) is 5.20. The number of aliphatic hydroxyl groups is 1. The van der Waals surface area contributed by atoms with Gasteiger partial charge in [-0.2, -0.15) is 0 Å². The molecule has 0 bridgehead atoms. The van der Waals surface area contributed by atoms with Crippen molar-refractivity contribution in [2.45, 2.75) is 65.3 Å². The molecule has 0 saturated heterocycles. The Kier molecular flexibility index (Phi) is 10.6. The summed E-state index contributed by atoms with van der Waals surface area (Å²) in [6, 6.07) is 0. The molecule has 1 aliphatic rings. The van der Waals surface area contributed by atoms with Crippen LogP contribution in [-0.4, -0.2) is 43.8 Å². The van der Waals surface area contributed by atoms with E-state index in [1.807, 2.05) is 12.2 Å². The fraction of sp³-hybridized carbons (Fsp3) is 0.625. The molecule has 0 saturated carbocycles. The first-order chi connectivity index (χ1) is 13.6. The number of carbonyl (C=O) groups is 1. The first-order valence-electron chi connectivity index (χ1n) is 10.2. The van der Waals surface area contributed by atoms with Gasteiger partial charge < -0.3 is 19.3 Å². The quantitative estimate of drug-likeness (QED) is 0.273. The number of methoxy groups -OCH3 is 2. The molecular formula is C24H38O5. The maximum Gasteiger partial charge on any atom is 0.302 e. The molecule has 0 aromatic carbocycles. The van der Waals surface area contributed by atoms with Gasteiger partial charge in [0.15, 0.2) is 6.29 Å². The lowest BCUT2D eigenvalue weighted by molar-refractivity contribution is -0.142. The minimum Gasteiger partial charge on any atom is -0.461 e. The minimum atomic E-state index is -0.925. The SMILES string of the molecule is C=C1CC/C=C(/C)CC[C@H](/C(=C\C=C\C(C)(C)O)COC(C)=O)[C@H]1C(OC)OC. The van der Waals surface area contributed by atoms with E-state index in [2.05, 4.69) is 19.6 Å². The number of ether oxygens (including phenoxy) is 3. The summed E-state index contributed by atoms with van der Waals surface area (Å²) in [6.45, 7) is 11.5. The van der Waals surface area contributed by atoms with Crippen LogP contribution in [0.2, 0.25) is 0 Å². The lowest BCUT2D eigenvalue weighted by Crippen LogP contribution is -2.34. The molecule has 0 fully saturated rings. The largest absolute Gasteiger partial charge is 0.461 e. The van der Waals surface area contributed by atoms with Crippen LogP contribution >= 0.6 is 0 Å². The third kappa shape index (κ3) is 9.11. The minimum absolute atomic E-state index is 0.0275. The Morgan fingerprint density at radius 3 is 2.55 bits per heavy atom. The van der Waals surface area contributed by atoms with Crippen molar-refractivity contribution in [3.63, 3.8) is 0 Å². The van der Waals surface area contributed by atoms with Gasteiger partial charge in [-0.1, -0.05) is 42.0 Å². The second-order valence-electron chi connectivity index (χ2n) is 8.29. The number of esters is 1. The smallest absolute Gasteiger partial charge is 0.302 e. The lowest BCUT2D eigenvalue weighted by atomic mass is 9.77. The molecule has 0 amide bonds. The highest BCUT2D eigenvalue weighted by Gasteiger charge is 2.34. The Morgan fingerprint density at radius 1 is 1.34 bits per heavy atom. The van der Waals surface area contributed by atoms with Gasteiger partial charge in [-0.25, -0.2) is 0 Å². The number of rotatable bonds is 8. The van der Waals surface area contributed by atoms with E-state index < -0.39 is 11.9 Å². The van der Waals surface area contributed by atoms with E-state index in [0.717, 1.165) is 36.8 Å². The normalized spacial score (nSPS) is 24.1. The molecule has 5 heteroatoms. The van der Waals surface area contributed by atoms with E-state index in [-0.39, 0.29) is 24.4 Å². The van der Waals surface area contributed by atoms with E-state index in [1.54, 1.807) is 34.1 Å². The van der Waals surface area contributed by atoms with Crippen LogP contribution in [0.15, 0.2) is 47.6 Å². The summed E-state index contributed by atoms with van der Waals surface area (Å²) in [5.41, 5.74) is 2.44. The van der Waals surface area contributed by atoms with Gasteiger partial charge in [0.05, 0.1) is 5.60 Å². The van der Waals surface area contributed by atoms with E-state index in [9.17, 15) is 9.90 Å².